The average Bonchev–Trinajstić information content (AvgIpc) is 1.55. The van der Waals surface area contributed by atoms with E-state index < -0.39 is 23.5 Å². The highest BCUT2D eigenvalue weighted by Gasteiger charge is 2.38. The number of nitriles is 2. The zero-order valence-electron chi connectivity index (χ0n) is 43.4. The van der Waals surface area contributed by atoms with Crippen molar-refractivity contribution in [3.63, 3.8) is 0 Å². The number of hydrogen-bond acceptors (Lipinski definition) is 4. The molecule has 6 heterocycles. The quantitative estimate of drug-likeness (QED) is 0.165. The number of halogens is 6. The number of rotatable bonds is 4. The highest BCUT2D eigenvalue weighted by atomic mass is 32.1. The number of fused-ring (bicyclic) bond motifs is 20. The Hall–Kier alpha value is -10.4. The second-order valence-electron chi connectivity index (χ2n) is 21.1. The van der Waals surface area contributed by atoms with Crippen molar-refractivity contribution in [3.8, 4) is 34.9 Å². The lowest BCUT2D eigenvalue weighted by Crippen LogP contribution is -2.17. The van der Waals surface area contributed by atoms with Gasteiger partial charge in [0.25, 0.3) is 0 Å². The van der Waals surface area contributed by atoms with Crippen LogP contribution in [0, 0.1) is 22.7 Å². The maximum Gasteiger partial charge on any atom is 0.416 e. The number of hydrogen-bond donors (Lipinski definition) is 0. The maximum absolute atomic E-state index is 15.4. The van der Waals surface area contributed by atoms with E-state index >= 15 is 26.3 Å². The first kappa shape index (κ1) is 48.3. The second-order valence-corrected chi connectivity index (χ2v) is 23.2. The molecule has 0 bridgehead atoms. The molecule has 0 saturated carbocycles. The molecule has 17 aromatic rings. The summed E-state index contributed by atoms with van der Waals surface area (Å²) in [5, 5.41) is 34.8. The summed E-state index contributed by atoms with van der Waals surface area (Å²) in [4.78, 5) is 0. The molecule has 84 heavy (non-hydrogen) atoms. The van der Waals surface area contributed by atoms with Crippen LogP contribution in [0.15, 0.2) is 206 Å². The molecule has 0 N–H and O–H groups in total. The van der Waals surface area contributed by atoms with Gasteiger partial charge in [-0.05, 0) is 60.7 Å². The zero-order chi connectivity index (χ0) is 56.7. The Labute approximate surface area is 478 Å². The van der Waals surface area contributed by atoms with Crippen LogP contribution in [0.5, 0.6) is 0 Å². The van der Waals surface area contributed by atoms with Gasteiger partial charge < -0.3 is 18.3 Å². The Morgan fingerprint density at radius 1 is 0.298 bits per heavy atom. The van der Waals surface area contributed by atoms with E-state index in [1.807, 2.05) is 143 Å². The van der Waals surface area contributed by atoms with Crippen molar-refractivity contribution in [1.82, 2.24) is 18.3 Å². The Morgan fingerprint density at radius 2 is 0.583 bits per heavy atom. The van der Waals surface area contributed by atoms with Gasteiger partial charge in [-0.3, -0.25) is 0 Å². The molecular formula is C70H34F6N6S2. The van der Waals surface area contributed by atoms with Crippen LogP contribution in [0.25, 0.3) is 150 Å². The predicted molar refractivity (Wildman–Crippen MR) is 329 cm³/mol. The molecule has 6 aromatic heterocycles. The van der Waals surface area contributed by atoms with Crippen LogP contribution in [-0.2, 0) is 12.4 Å². The summed E-state index contributed by atoms with van der Waals surface area (Å²) in [5.74, 6) is 0. The first-order valence-corrected chi connectivity index (χ1v) is 28.5. The second kappa shape index (κ2) is 17.1. The van der Waals surface area contributed by atoms with E-state index in [1.165, 1.54) is 12.1 Å². The molecule has 17 rings (SSSR count). The monoisotopic (exact) mass is 1140 g/mol. The van der Waals surface area contributed by atoms with Gasteiger partial charge >= 0.3 is 12.4 Å². The molecule has 398 valence electrons. The molecule has 0 aliphatic rings. The van der Waals surface area contributed by atoms with Crippen molar-refractivity contribution in [1.29, 1.82) is 10.5 Å². The molecule has 0 aliphatic heterocycles. The van der Waals surface area contributed by atoms with E-state index in [2.05, 4.69) is 24.3 Å². The Morgan fingerprint density at radius 3 is 0.952 bits per heavy atom. The SMILES string of the molecule is N#Cc1c(-n2c3ccccc3c3ccc(C(F)(F)F)cc32)c(-n2c3ccccc3c3ccc4c5ccccc5sc4c32)c(C#N)c(-n2c3ccccc3c3ccc(C(F)(F)F)cc32)c1-n1c2ccccc2c2ccc3c4ccccc4sc3c21. The minimum absolute atomic E-state index is 0.0628. The largest absolute Gasteiger partial charge is 0.416 e. The summed E-state index contributed by atoms with van der Waals surface area (Å²) in [7, 11) is 0. The van der Waals surface area contributed by atoms with E-state index in [9.17, 15) is 10.5 Å². The predicted octanol–water partition coefficient (Wildman–Crippen LogP) is 20.6. The van der Waals surface area contributed by atoms with E-state index in [0.717, 1.165) is 86.2 Å². The molecule has 0 unspecified atom stereocenters. The van der Waals surface area contributed by atoms with Gasteiger partial charge in [-0.2, -0.15) is 36.9 Å². The molecule has 0 atom stereocenters. The fraction of sp³-hybridized carbons (Fsp3) is 0.0286. The summed E-state index contributed by atoms with van der Waals surface area (Å²) >= 11 is 3.11. The molecule has 0 fully saturated rings. The molecule has 11 aromatic carbocycles. The molecule has 0 radical (unpaired) electrons. The van der Waals surface area contributed by atoms with Gasteiger partial charge in [-0.1, -0.05) is 146 Å². The molecule has 0 saturated heterocycles. The number of benzene rings is 11. The summed E-state index contributed by atoms with van der Waals surface area (Å²) < 4.78 is 103. The molecular weight excluding hydrogens is 1100 g/mol. The van der Waals surface area contributed by atoms with Gasteiger partial charge in [0.2, 0.25) is 0 Å². The summed E-state index contributed by atoms with van der Waals surface area (Å²) in [5.41, 5.74) is 2.12. The topological polar surface area (TPSA) is 67.3 Å². The lowest BCUT2D eigenvalue weighted by molar-refractivity contribution is -0.138. The van der Waals surface area contributed by atoms with Gasteiger partial charge in [0, 0.05) is 74.0 Å². The number of nitrogens with zero attached hydrogens (tertiary/aromatic N) is 6. The zero-order valence-corrected chi connectivity index (χ0v) is 45.0. The lowest BCUT2D eigenvalue weighted by Gasteiger charge is -2.27. The Bertz CT molecular complexity index is 5530. The molecule has 0 spiro atoms. The summed E-state index contributed by atoms with van der Waals surface area (Å²) in [6.45, 7) is 0. The maximum atomic E-state index is 15.4. The summed E-state index contributed by atoms with van der Waals surface area (Å²) in [6.07, 6.45) is -9.60. The number of para-hydroxylation sites is 4. The first-order valence-electron chi connectivity index (χ1n) is 26.8. The standard InChI is InChI=1S/C70H34F6N6S2/c71-69(72,73)37-25-27-43-39-13-1-7-19-53(39)79(57(43)33-37)61-51(35-77)64(82-56-22-10-4-16-42(56)48-30-32-50-46-18-6-12-24-60(46)84-68(50)66(48)82)62(80-54-20-8-2-14-40(54)44-28-26-38(34-58(44)80)70(74,75)76)52(36-78)63(61)81-55-21-9-3-15-41(55)47-29-31-49-45-17-5-11-23-59(45)83-67(49)65(47)81/h1-34H. The Balaban J connectivity index is 1.21. The highest BCUT2D eigenvalue weighted by Crippen LogP contribution is 2.53. The normalized spacial score (nSPS) is 12.6. The van der Waals surface area contributed by atoms with Crippen molar-refractivity contribution < 1.29 is 26.3 Å². The lowest BCUT2D eigenvalue weighted by atomic mass is 9.98. The third kappa shape index (κ3) is 6.43. The molecule has 14 heteroatoms. The van der Waals surface area contributed by atoms with Gasteiger partial charge in [0.05, 0.1) is 87.4 Å². The van der Waals surface area contributed by atoms with Crippen LogP contribution >= 0.6 is 22.7 Å². The van der Waals surface area contributed by atoms with Crippen molar-refractivity contribution in [2.24, 2.45) is 0 Å². The minimum Gasteiger partial charge on any atom is -0.306 e. The molecule has 0 aliphatic carbocycles. The third-order valence-corrected chi connectivity index (χ3v) is 19.3. The van der Waals surface area contributed by atoms with Crippen LogP contribution in [-0.4, -0.2) is 18.3 Å². The van der Waals surface area contributed by atoms with Crippen LogP contribution in [0.3, 0.4) is 0 Å². The first-order chi connectivity index (χ1) is 40.9. The highest BCUT2D eigenvalue weighted by molar-refractivity contribution is 7.27. The Kier molecular flexibility index (Phi) is 9.84. The number of aromatic nitrogens is 4. The number of alkyl halides is 6. The van der Waals surface area contributed by atoms with Gasteiger partial charge in [0.1, 0.15) is 23.3 Å². The molecule has 0 amide bonds. The van der Waals surface area contributed by atoms with Gasteiger partial charge in [-0.25, -0.2) is 0 Å². The minimum atomic E-state index is -4.80. The van der Waals surface area contributed by atoms with Gasteiger partial charge in [0.15, 0.2) is 0 Å². The van der Waals surface area contributed by atoms with Crippen LogP contribution in [0.1, 0.15) is 22.3 Å². The summed E-state index contributed by atoms with van der Waals surface area (Å²) in [6, 6.07) is 66.7. The van der Waals surface area contributed by atoms with E-state index in [-0.39, 0.29) is 44.9 Å². The molecule has 6 nitrogen and oxygen atoms in total. The van der Waals surface area contributed by atoms with Crippen LogP contribution < -0.4 is 0 Å². The number of thiophene rings is 2. The van der Waals surface area contributed by atoms with E-state index in [1.54, 1.807) is 56.1 Å². The van der Waals surface area contributed by atoms with Crippen LogP contribution in [0.2, 0.25) is 0 Å². The van der Waals surface area contributed by atoms with Crippen LogP contribution in [0.4, 0.5) is 26.3 Å². The van der Waals surface area contributed by atoms with Crippen molar-refractivity contribution >= 4 is 150 Å². The fourth-order valence-corrected chi connectivity index (χ4v) is 16.0. The fourth-order valence-electron chi connectivity index (χ4n) is 13.5. The third-order valence-electron chi connectivity index (χ3n) is 16.9. The van der Waals surface area contributed by atoms with Crippen molar-refractivity contribution in [2.75, 3.05) is 0 Å². The van der Waals surface area contributed by atoms with Crippen molar-refractivity contribution in [3.05, 3.63) is 229 Å². The van der Waals surface area contributed by atoms with E-state index in [4.69, 9.17) is 0 Å². The average molecular weight is 1140 g/mol. The van der Waals surface area contributed by atoms with Gasteiger partial charge in [-0.15, -0.1) is 22.7 Å². The van der Waals surface area contributed by atoms with E-state index in [0.29, 0.717) is 54.6 Å². The smallest absolute Gasteiger partial charge is 0.306 e. The van der Waals surface area contributed by atoms with Crippen molar-refractivity contribution in [2.45, 2.75) is 12.4 Å².